The summed E-state index contributed by atoms with van der Waals surface area (Å²) in [7, 11) is 0. The zero-order valence-electron chi connectivity index (χ0n) is 26.1. The summed E-state index contributed by atoms with van der Waals surface area (Å²) in [6.45, 7) is 1.17. The molecule has 242 valence electrons. The van der Waals surface area contributed by atoms with E-state index >= 15 is 0 Å². The van der Waals surface area contributed by atoms with Crippen molar-refractivity contribution < 1.29 is 14.2 Å². The quantitative estimate of drug-likeness (QED) is 0.141. The van der Waals surface area contributed by atoms with Crippen LogP contribution in [-0.4, -0.2) is 21.6 Å². The first kappa shape index (κ1) is 32.2. The van der Waals surface area contributed by atoms with Crippen LogP contribution in [0.2, 0.25) is 0 Å². The Morgan fingerprint density at radius 1 is 0.551 bits per heavy atom. The van der Waals surface area contributed by atoms with Crippen LogP contribution in [0.25, 0.3) is 0 Å². The Balaban J connectivity index is 1.13. The molecule has 0 amide bonds. The molecule has 4 aromatic carbocycles. The molecule has 10 heteroatoms. The maximum absolute atomic E-state index is 6.36. The molecular weight excluding hydrogens is 746 g/mol. The van der Waals surface area contributed by atoms with Crippen LogP contribution in [0.5, 0.6) is 17.2 Å². The molecule has 0 spiro atoms. The van der Waals surface area contributed by atoms with Crippen LogP contribution in [0.3, 0.4) is 0 Å². The molecule has 49 heavy (non-hydrogen) atoms. The number of rotatable bonds is 11. The zero-order valence-corrected chi connectivity index (χ0v) is 29.3. The van der Waals surface area contributed by atoms with Crippen LogP contribution in [-0.2, 0) is 19.8 Å². The summed E-state index contributed by atoms with van der Waals surface area (Å²) in [5.74, 6) is 4.41. The second kappa shape index (κ2) is 15.3. The SMILES string of the molecule is Brc1ccc(N=C2N=C(Nc3ccc(Br)cn3)c3ccc(OCc4cc(OCc5ccccc5)cc(OCc5ccccc5)c4)cc32)nc1. The third-order valence-electron chi connectivity index (χ3n) is 7.45. The summed E-state index contributed by atoms with van der Waals surface area (Å²) in [5, 5.41) is 3.33. The maximum Gasteiger partial charge on any atom is 0.164 e. The number of hydrogen-bond acceptors (Lipinski definition) is 7. The molecule has 6 aromatic rings. The van der Waals surface area contributed by atoms with Crippen molar-refractivity contribution in [3.05, 3.63) is 170 Å². The Kier molecular flexibility index (Phi) is 10.0. The molecule has 7 rings (SSSR count). The number of anilines is 1. The van der Waals surface area contributed by atoms with E-state index in [-0.39, 0.29) is 0 Å². The van der Waals surface area contributed by atoms with Gasteiger partial charge in [0.05, 0.1) is 0 Å². The minimum absolute atomic E-state index is 0.290. The zero-order chi connectivity index (χ0) is 33.4. The van der Waals surface area contributed by atoms with Crippen molar-refractivity contribution in [2.24, 2.45) is 9.98 Å². The number of nitrogens with zero attached hydrogens (tertiary/aromatic N) is 4. The number of aliphatic imine (C=N–C) groups is 2. The first-order valence-corrected chi connectivity index (χ1v) is 17.1. The standard InChI is InChI=1S/C39H29Br2N5O3/c40-29-11-15-36(42-21-29)44-38-34-14-13-31(20-35(34)39(46-38)45-37-16-12-30(41)22-43-37)47-25-28-17-32(48-23-26-7-3-1-4-8-26)19-33(18-28)49-24-27-9-5-2-6-10-27/h1-22H,23-25H2,(H,42,43,44,45,46). The van der Waals surface area contributed by atoms with Gasteiger partial charge in [-0.1, -0.05) is 60.7 Å². The monoisotopic (exact) mass is 773 g/mol. The van der Waals surface area contributed by atoms with Gasteiger partial charge < -0.3 is 19.5 Å². The average Bonchev–Trinajstić information content (AvgIpc) is 3.47. The van der Waals surface area contributed by atoms with Gasteiger partial charge in [0.1, 0.15) is 48.7 Å². The fourth-order valence-electron chi connectivity index (χ4n) is 5.05. The first-order valence-electron chi connectivity index (χ1n) is 15.5. The van der Waals surface area contributed by atoms with Crippen molar-refractivity contribution in [2.75, 3.05) is 5.32 Å². The smallest absolute Gasteiger partial charge is 0.164 e. The molecule has 0 bridgehead atoms. The number of fused-ring (bicyclic) bond motifs is 1. The Labute approximate surface area is 300 Å². The average molecular weight is 776 g/mol. The normalized spacial score (nSPS) is 12.7. The number of benzene rings is 4. The molecule has 1 aliphatic rings. The van der Waals surface area contributed by atoms with E-state index in [0.717, 1.165) is 36.8 Å². The molecule has 0 saturated heterocycles. The lowest BCUT2D eigenvalue weighted by Gasteiger charge is -2.14. The van der Waals surface area contributed by atoms with Gasteiger partial charge in [0.15, 0.2) is 11.7 Å². The predicted octanol–water partition coefficient (Wildman–Crippen LogP) is 9.69. The fraction of sp³-hybridized carbons (Fsp3) is 0.0769. The van der Waals surface area contributed by atoms with Gasteiger partial charge >= 0.3 is 0 Å². The van der Waals surface area contributed by atoms with E-state index in [4.69, 9.17) is 24.2 Å². The van der Waals surface area contributed by atoms with Crippen molar-refractivity contribution >= 4 is 55.2 Å². The molecule has 8 nitrogen and oxygen atoms in total. The molecule has 1 aliphatic heterocycles. The summed E-state index contributed by atoms with van der Waals surface area (Å²) in [5.41, 5.74) is 4.75. The highest BCUT2D eigenvalue weighted by Crippen LogP contribution is 2.30. The molecule has 3 heterocycles. The van der Waals surface area contributed by atoms with Gasteiger partial charge in [0, 0.05) is 38.5 Å². The Morgan fingerprint density at radius 2 is 1.16 bits per heavy atom. The van der Waals surface area contributed by atoms with E-state index in [1.807, 2.05) is 121 Å². The Bertz CT molecular complexity index is 2050. The highest BCUT2D eigenvalue weighted by atomic mass is 79.9. The lowest BCUT2D eigenvalue weighted by Crippen LogP contribution is -2.12. The van der Waals surface area contributed by atoms with Crippen LogP contribution in [0.15, 0.2) is 153 Å². The topological polar surface area (TPSA) is 90.2 Å². The molecule has 1 N–H and O–H groups in total. The van der Waals surface area contributed by atoms with Gasteiger partial charge in [0.2, 0.25) is 0 Å². The highest BCUT2D eigenvalue weighted by Gasteiger charge is 2.23. The number of halogens is 2. The molecule has 0 aliphatic carbocycles. The lowest BCUT2D eigenvalue weighted by atomic mass is 10.1. The van der Waals surface area contributed by atoms with E-state index in [1.165, 1.54) is 0 Å². The van der Waals surface area contributed by atoms with Crippen LogP contribution < -0.4 is 19.5 Å². The molecule has 0 atom stereocenters. The number of aromatic nitrogens is 2. The van der Waals surface area contributed by atoms with Crippen LogP contribution in [0, 0.1) is 0 Å². The summed E-state index contributed by atoms with van der Waals surface area (Å²) >= 11 is 6.88. The minimum Gasteiger partial charge on any atom is -0.489 e. The number of pyridine rings is 2. The predicted molar refractivity (Wildman–Crippen MR) is 199 cm³/mol. The minimum atomic E-state index is 0.290. The third-order valence-corrected chi connectivity index (χ3v) is 8.39. The van der Waals surface area contributed by atoms with Gasteiger partial charge in [-0.3, -0.25) is 0 Å². The molecular formula is C39H29Br2N5O3. The third kappa shape index (κ3) is 8.59. The molecule has 2 aromatic heterocycles. The van der Waals surface area contributed by atoms with Crippen molar-refractivity contribution in [3.63, 3.8) is 0 Å². The van der Waals surface area contributed by atoms with E-state index in [0.29, 0.717) is 60.4 Å². The maximum atomic E-state index is 6.36. The van der Waals surface area contributed by atoms with E-state index in [2.05, 4.69) is 47.1 Å². The highest BCUT2D eigenvalue weighted by molar-refractivity contribution is 9.10. The lowest BCUT2D eigenvalue weighted by molar-refractivity contribution is 0.281. The summed E-state index contributed by atoms with van der Waals surface area (Å²) in [4.78, 5) is 18.5. The van der Waals surface area contributed by atoms with Crippen LogP contribution in [0.4, 0.5) is 11.6 Å². The number of ether oxygens (including phenoxy) is 3. The van der Waals surface area contributed by atoms with E-state index in [1.54, 1.807) is 12.4 Å². The summed E-state index contributed by atoms with van der Waals surface area (Å²) in [6.07, 6.45) is 3.44. The Morgan fingerprint density at radius 3 is 1.78 bits per heavy atom. The van der Waals surface area contributed by atoms with Gasteiger partial charge in [-0.15, -0.1) is 0 Å². The molecule has 0 fully saturated rings. The molecule has 0 saturated carbocycles. The van der Waals surface area contributed by atoms with Crippen molar-refractivity contribution in [3.8, 4) is 17.2 Å². The summed E-state index contributed by atoms with van der Waals surface area (Å²) in [6, 6.07) is 39.4. The largest absolute Gasteiger partial charge is 0.489 e. The number of nitrogens with one attached hydrogen (secondary N) is 1. The molecule has 0 radical (unpaired) electrons. The van der Waals surface area contributed by atoms with Crippen LogP contribution >= 0.6 is 31.9 Å². The first-order chi connectivity index (χ1) is 24.0. The van der Waals surface area contributed by atoms with Crippen molar-refractivity contribution in [1.29, 1.82) is 0 Å². The second-order valence-corrected chi connectivity index (χ2v) is 12.9. The van der Waals surface area contributed by atoms with Gasteiger partial charge in [-0.2, -0.15) is 0 Å². The van der Waals surface area contributed by atoms with Gasteiger partial charge in [-0.25, -0.2) is 20.0 Å². The number of hydrogen-bond donors (Lipinski definition) is 1. The van der Waals surface area contributed by atoms with Crippen molar-refractivity contribution in [2.45, 2.75) is 19.8 Å². The number of amidine groups is 2. The van der Waals surface area contributed by atoms with Crippen LogP contribution in [0.1, 0.15) is 27.8 Å². The second-order valence-electron chi connectivity index (χ2n) is 11.1. The van der Waals surface area contributed by atoms with Gasteiger partial charge in [0.25, 0.3) is 0 Å². The Hall–Kier alpha value is -5.32. The van der Waals surface area contributed by atoms with E-state index in [9.17, 15) is 0 Å². The van der Waals surface area contributed by atoms with Gasteiger partial charge in [-0.05, 0) is 103 Å². The summed E-state index contributed by atoms with van der Waals surface area (Å²) < 4.78 is 20.5. The molecule has 0 unspecified atom stereocenters. The van der Waals surface area contributed by atoms with Crippen molar-refractivity contribution in [1.82, 2.24) is 9.97 Å². The fourth-order valence-corrected chi connectivity index (χ4v) is 5.52. The van der Waals surface area contributed by atoms with E-state index < -0.39 is 0 Å².